The highest BCUT2D eigenvalue weighted by Gasteiger charge is 2.04. The number of ether oxygens (including phenoxy) is 1. The molecule has 0 saturated carbocycles. The molecule has 2 amide bonds. The van der Waals surface area contributed by atoms with Crippen LogP contribution in [0, 0.1) is 6.92 Å². The zero-order chi connectivity index (χ0) is 18.4. The molecule has 1 heterocycles. The number of carbonyl (C=O) groups is 1. The number of anilines is 2. The van der Waals surface area contributed by atoms with E-state index >= 15 is 0 Å². The number of hydrogen-bond donors (Lipinski definition) is 2. The van der Waals surface area contributed by atoms with Gasteiger partial charge in [-0.3, -0.25) is 0 Å². The molecule has 3 aromatic rings. The number of aryl methyl sites for hydroxylation is 2. The van der Waals surface area contributed by atoms with E-state index in [0.29, 0.717) is 17.3 Å². The first-order valence-corrected chi connectivity index (χ1v) is 8.37. The van der Waals surface area contributed by atoms with Crippen molar-refractivity contribution in [2.45, 2.75) is 20.3 Å². The van der Waals surface area contributed by atoms with Gasteiger partial charge in [0.05, 0.1) is 5.69 Å². The molecule has 132 valence electrons. The number of urea groups is 1. The molecule has 0 unspecified atom stereocenters. The Kier molecular flexibility index (Phi) is 5.43. The van der Waals surface area contributed by atoms with Gasteiger partial charge in [0, 0.05) is 17.4 Å². The number of hydrogen-bond acceptors (Lipinski definition) is 4. The number of nitrogens with zero attached hydrogens (tertiary/aromatic N) is 2. The van der Waals surface area contributed by atoms with Crippen molar-refractivity contribution in [3.63, 3.8) is 0 Å². The third-order valence-corrected chi connectivity index (χ3v) is 3.70. The van der Waals surface area contributed by atoms with Gasteiger partial charge in [-0.15, -0.1) is 5.10 Å². The minimum Gasteiger partial charge on any atom is -0.438 e. The van der Waals surface area contributed by atoms with Crippen molar-refractivity contribution in [2.75, 3.05) is 10.6 Å². The maximum absolute atomic E-state index is 12.1. The van der Waals surface area contributed by atoms with Crippen LogP contribution >= 0.6 is 0 Å². The van der Waals surface area contributed by atoms with Crippen molar-refractivity contribution < 1.29 is 9.53 Å². The second-order valence-electron chi connectivity index (χ2n) is 5.77. The largest absolute Gasteiger partial charge is 0.438 e. The van der Waals surface area contributed by atoms with Crippen LogP contribution in [0.3, 0.4) is 0 Å². The summed E-state index contributed by atoms with van der Waals surface area (Å²) in [5.74, 6) is 1.04. The predicted octanol–water partition coefficient (Wildman–Crippen LogP) is 4.78. The highest BCUT2D eigenvalue weighted by Crippen LogP contribution is 2.21. The van der Waals surface area contributed by atoms with Gasteiger partial charge in [0.2, 0.25) is 5.88 Å². The Morgan fingerprint density at radius 3 is 2.42 bits per heavy atom. The van der Waals surface area contributed by atoms with E-state index in [-0.39, 0.29) is 6.03 Å². The molecule has 2 N–H and O–H groups in total. The van der Waals surface area contributed by atoms with E-state index in [1.807, 2.05) is 37.3 Å². The van der Waals surface area contributed by atoms with Crippen LogP contribution in [-0.2, 0) is 6.42 Å². The van der Waals surface area contributed by atoms with E-state index in [1.54, 1.807) is 30.3 Å². The maximum atomic E-state index is 12.1. The predicted molar refractivity (Wildman–Crippen MR) is 102 cm³/mol. The lowest BCUT2D eigenvalue weighted by atomic mass is 10.1. The molecule has 0 bridgehead atoms. The Balaban J connectivity index is 1.58. The highest BCUT2D eigenvalue weighted by molar-refractivity contribution is 5.99. The summed E-state index contributed by atoms with van der Waals surface area (Å²) < 4.78 is 5.61. The maximum Gasteiger partial charge on any atom is 0.323 e. The van der Waals surface area contributed by atoms with Crippen molar-refractivity contribution >= 4 is 17.4 Å². The molecule has 0 atom stereocenters. The van der Waals surface area contributed by atoms with Crippen molar-refractivity contribution in [1.29, 1.82) is 0 Å². The molecular weight excluding hydrogens is 328 g/mol. The van der Waals surface area contributed by atoms with Gasteiger partial charge < -0.3 is 15.4 Å². The Bertz CT molecular complexity index is 877. The van der Waals surface area contributed by atoms with Gasteiger partial charge in [-0.2, -0.15) is 5.10 Å². The van der Waals surface area contributed by atoms with Gasteiger partial charge in [0.1, 0.15) is 5.75 Å². The fourth-order valence-electron chi connectivity index (χ4n) is 2.33. The van der Waals surface area contributed by atoms with Crippen molar-refractivity contribution in [2.24, 2.45) is 0 Å². The molecule has 0 spiro atoms. The third-order valence-electron chi connectivity index (χ3n) is 3.70. The summed E-state index contributed by atoms with van der Waals surface area (Å²) in [6.45, 7) is 3.94. The van der Waals surface area contributed by atoms with Crippen LogP contribution < -0.4 is 15.4 Å². The van der Waals surface area contributed by atoms with Crippen molar-refractivity contribution in [3.05, 3.63) is 71.9 Å². The fraction of sp³-hybridized carbons (Fsp3) is 0.150. The van der Waals surface area contributed by atoms with E-state index in [9.17, 15) is 4.79 Å². The molecule has 3 rings (SSSR count). The van der Waals surface area contributed by atoms with E-state index in [4.69, 9.17) is 4.74 Å². The molecule has 26 heavy (non-hydrogen) atoms. The van der Waals surface area contributed by atoms with Crippen LogP contribution in [0.5, 0.6) is 11.6 Å². The van der Waals surface area contributed by atoms with Crippen LogP contribution in [0.15, 0.2) is 60.7 Å². The summed E-state index contributed by atoms with van der Waals surface area (Å²) >= 11 is 0. The number of aromatic nitrogens is 2. The van der Waals surface area contributed by atoms with E-state index in [0.717, 1.165) is 17.8 Å². The monoisotopic (exact) mass is 348 g/mol. The number of rotatable bonds is 5. The first-order valence-electron chi connectivity index (χ1n) is 8.37. The number of amides is 2. The minimum atomic E-state index is -0.295. The lowest BCUT2D eigenvalue weighted by Gasteiger charge is -2.09. The van der Waals surface area contributed by atoms with Gasteiger partial charge >= 0.3 is 6.03 Å². The first-order chi connectivity index (χ1) is 12.6. The van der Waals surface area contributed by atoms with Gasteiger partial charge in [-0.1, -0.05) is 19.1 Å². The first kappa shape index (κ1) is 17.4. The molecule has 6 heteroatoms. The normalized spacial score (nSPS) is 10.2. The molecule has 0 saturated heterocycles. The summed E-state index contributed by atoms with van der Waals surface area (Å²) in [7, 11) is 0. The molecule has 6 nitrogen and oxygen atoms in total. The molecule has 0 radical (unpaired) electrons. The third kappa shape index (κ3) is 4.80. The topological polar surface area (TPSA) is 76.1 Å². The minimum absolute atomic E-state index is 0.295. The second-order valence-corrected chi connectivity index (χ2v) is 5.77. The standard InChI is InChI=1S/C20H20N4O2/c1-3-15-5-4-6-17(13-15)22-20(25)21-16-8-10-18(11-9-16)26-19-12-7-14(2)23-24-19/h4-13H,3H2,1-2H3,(H2,21,22,25). The number of carbonyl (C=O) groups excluding carboxylic acids is 1. The summed E-state index contributed by atoms with van der Waals surface area (Å²) in [4.78, 5) is 12.1. The Labute approximate surface area is 152 Å². The summed E-state index contributed by atoms with van der Waals surface area (Å²) in [5, 5.41) is 13.5. The number of nitrogens with one attached hydrogen (secondary N) is 2. The van der Waals surface area contributed by atoms with Gasteiger partial charge in [0.15, 0.2) is 0 Å². The molecule has 2 aromatic carbocycles. The number of benzene rings is 2. The quantitative estimate of drug-likeness (QED) is 0.695. The lowest BCUT2D eigenvalue weighted by molar-refractivity contribution is 0.262. The second kappa shape index (κ2) is 8.11. The van der Waals surface area contributed by atoms with Gasteiger partial charge in [0.25, 0.3) is 0 Å². The molecule has 1 aromatic heterocycles. The van der Waals surface area contributed by atoms with E-state index in [2.05, 4.69) is 27.8 Å². The lowest BCUT2D eigenvalue weighted by Crippen LogP contribution is -2.19. The van der Waals surface area contributed by atoms with Crippen molar-refractivity contribution in [1.82, 2.24) is 10.2 Å². The average molecular weight is 348 g/mol. The van der Waals surface area contributed by atoms with E-state index < -0.39 is 0 Å². The van der Waals surface area contributed by atoms with Gasteiger partial charge in [-0.25, -0.2) is 4.79 Å². The summed E-state index contributed by atoms with van der Waals surface area (Å²) in [6.07, 6.45) is 0.921. The fourth-order valence-corrected chi connectivity index (χ4v) is 2.33. The van der Waals surface area contributed by atoms with Crippen LogP contribution in [0.2, 0.25) is 0 Å². The molecular formula is C20H20N4O2. The smallest absolute Gasteiger partial charge is 0.323 e. The molecule has 0 aliphatic rings. The Hall–Kier alpha value is -3.41. The Morgan fingerprint density at radius 1 is 0.962 bits per heavy atom. The van der Waals surface area contributed by atoms with Crippen LogP contribution in [0.1, 0.15) is 18.2 Å². The zero-order valence-corrected chi connectivity index (χ0v) is 14.7. The van der Waals surface area contributed by atoms with E-state index in [1.165, 1.54) is 5.56 Å². The van der Waals surface area contributed by atoms with Crippen LogP contribution in [-0.4, -0.2) is 16.2 Å². The zero-order valence-electron chi connectivity index (χ0n) is 14.7. The molecule has 0 aliphatic heterocycles. The van der Waals surface area contributed by atoms with Crippen molar-refractivity contribution in [3.8, 4) is 11.6 Å². The average Bonchev–Trinajstić information content (AvgIpc) is 2.65. The summed E-state index contributed by atoms with van der Waals surface area (Å²) in [6, 6.07) is 18.1. The van der Waals surface area contributed by atoms with Crippen LogP contribution in [0.4, 0.5) is 16.2 Å². The Morgan fingerprint density at radius 2 is 1.73 bits per heavy atom. The summed E-state index contributed by atoms with van der Waals surface area (Å²) in [5.41, 5.74) is 3.42. The molecule has 0 aliphatic carbocycles. The highest BCUT2D eigenvalue weighted by atomic mass is 16.5. The SMILES string of the molecule is CCc1cccc(NC(=O)Nc2ccc(Oc3ccc(C)nn3)cc2)c1. The molecule has 0 fully saturated rings. The van der Waals surface area contributed by atoms with Crippen LogP contribution in [0.25, 0.3) is 0 Å². The van der Waals surface area contributed by atoms with Gasteiger partial charge in [-0.05, 0) is 61.4 Å².